The number of carboxylic acid groups (broad SMARTS) is 1. The van der Waals surface area contributed by atoms with Crippen LogP contribution in [0, 0.1) is 5.41 Å². The third kappa shape index (κ3) is 3.18. The van der Waals surface area contributed by atoms with Crippen LogP contribution in [-0.4, -0.2) is 53.3 Å². The summed E-state index contributed by atoms with van der Waals surface area (Å²) in [5, 5.41) is 11.8. The van der Waals surface area contributed by atoms with Crippen LogP contribution in [0.5, 0.6) is 0 Å². The Kier molecular flexibility index (Phi) is 3.71. The molecule has 0 aromatic rings. The molecule has 3 atom stereocenters. The maximum Gasteiger partial charge on any atom is 0.326 e. The van der Waals surface area contributed by atoms with E-state index >= 15 is 0 Å². The van der Waals surface area contributed by atoms with Crippen LogP contribution in [0.1, 0.15) is 33.6 Å². The first kappa shape index (κ1) is 14.1. The van der Waals surface area contributed by atoms with E-state index in [1.165, 1.54) is 0 Å². The van der Waals surface area contributed by atoms with Gasteiger partial charge in [-0.25, -0.2) is 9.59 Å². The number of fused-ring (bicyclic) bond motifs is 2. The highest BCUT2D eigenvalue weighted by molar-refractivity contribution is 5.83. The number of hydrogen-bond donors (Lipinski definition) is 2. The second-order valence-electron chi connectivity index (χ2n) is 6.45. The number of carbonyl (C=O) groups excluding carboxylic acids is 1. The van der Waals surface area contributed by atoms with Crippen LogP contribution in [0.2, 0.25) is 0 Å². The highest BCUT2D eigenvalue weighted by Gasteiger charge is 2.38. The summed E-state index contributed by atoms with van der Waals surface area (Å²) in [6, 6.07) is -1.19. The summed E-state index contributed by atoms with van der Waals surface area (Å²) in [7, 11) is 0. The van der Waals surface area contributed by atoms with E-state index in [9.17, 15) is 14.7 Å². The molecule has 2 aliphatic heterocycles. The molecule has 2 bridgehead atoms. The van der Waals surface area contributed by atoms with Gasteiger partial charge in [-0.15, -0.1) is 0 Å². The molecule has 2 saturated heterocycles. The molecule has 0 saturated carbocycles. The van der Waals surface area contributed by atoms with Crippen LogP contribution in [0.15, 0.2) is 0 Å². The first-order chi connectivity index (χ1) is 8.77. The zero-order chi connectivity index (χ0) is 14.2. The lowest BCUT2D eigenvalue weighted by Gasteiger charge is -2.35. The van der Waals surface area contributed by atoms with Crippen molar-refractivity contribution in [3.05, 3.63) is 0 Å². The summed E-state index contributed by atoms with van der Waals surface area (Å²) in [5.41, 5.74) is -0.521. The van der Waals surface area contributed by atoms with Gasteiger partial charge in [-0.3, -0.25) is 0 Å². The molecule has 0 radical (unpaired) electrons. The Labute approximate surface area is 113 Å². The number of amides is 2. The van der Waals surface area contributed by atoms with E-state index in [0.717, 1.165) is 12.8 Å². The average molecular weight is 270 g/mol. The van der Waals surface area contributed by atoms with E-state index in [4.69, 9.17) is 4.74 Å². The lowest BCUT2D eigenvalue weighted by Crippen LogP contribution is -2.56. The minimum atomic E-state index is -1.00. The van der Waals surface area contributed by atoms with E-state index < -0.39 is 17.4 Å². The standard InChI is InChI=1S/C13H22N2O4/c1-13(2,3)10(11(16)17)14-12(18)15-6-8-4-5-9(7-15)19-8/h8-10H,4-7H2,1-3H3,(H,14,18)(H,16,17)/t8?,9?,10-/m1/s1. The van der Waals surface area contributed by atoms with Gasteiger partial charge in [0.05, 0.1) is 12.2 Å². The van der Waals surface area contributed by atoms with Gasteiger partial charge in [-0.2, -0.15) is 0 Å². The van der Waals surface area contributed by atoms with Gasteiger partial charge in [-0.05, 0) is 18.3 Å². The Hall–Kier alpha value is -1.30. The molecule has 2 fully saturated rings. The van der Waals surface area contributed by atoms with Gasteiger partial charge in [0.15, 0.2) is 0 Å². The Morgan fingerprint density at radius 1 is 1.26 bits per heavy atom. The first-order valence-corrected chi connectivity index (χ1v) is 6.71. The molecule has 6 nitrogen and oxygen atoms in total. The average Bonchev–Trinajstić information content (AvgIpc) is 2.62. The molecule has 2 rings (SSSR count). The maximum atomic E-state index is 12.2. The summed E-state index contributed by atoms with van der Waals surface area (Å²) in [4.78, 5) is 25.1. The third-order valence-electron chi connectivity index (χ3n) is 3.71. The quantitative estimate of drug-likeness (QED) is 0.786. The summed E-state index contributed by atoms with van der Waals surface area (Å²) in [6.07, 6.45) is 2.19. The van der Waals surface area contributed by atoms with Crippen LogP contribution in [0.25, 0.3) is 0 Å². The van der Waals surface area contributed by atoms with Gasteiger partial charge in [0.2, 0.25) is 0 Å². The minimum Gasteiger partial charge on any atom is -0.480 e. The second-order valence-corrected chi connectivity index (χ2v) is 6.45. The molecule has 2 heterocycles. The third-order valence-corrected chi connectivity index (χ3v) is 3.71. The summed E-state index contributed by atoms with van der Waals surface area (Å²) in [5.74, 6) is -1.00. The van der Waals surface area contributed by atoms with E-state index in [1.54, 1.807) is 25.7 Å². The molecule has 0 aromatic heterocycles. The number of aliphatic carboxylic acids is 1. The number of carbonyl (C=O) groups is 2. The van der Waals surface area contributed by atoms with E-state index in [-0.39, 0.29) is 18.2 Å². The van der Waals surface area contributed by atoms with Crippen molar-refractivity contribution in [1.29, 1.82) is 0 Å². The zero-order valence-electron chi connectivity index (χ0n) is 11.7. The molecular weight excluding hydrogens is 248 g/mol. The van der Waals surface area contributed by atoms with Crippen molar-refractivity contribution in [2.45, 2.75) is 51.9 Å². The van der Waals surface area contributed by atoms with Crippen LogP contribution >= 0.6 is 0 Å². The molecule has 0 spiro atoms. The number of nitrogens with zero attached hydrogens (tertiary/aromatic N) is 1. The van der Waals surface area contributed by atoms with Crippen LogP contribution in [0.3, 0.4) is 0 Å². The Bertz CT molecular complexity index is 365. The van der Waals surface area contributed by atoms with Crippen molar-refractivity contribution in [2.75, 3.05) is 13.1 Å². The van der Waals surface area contributed by atoms with Gasteiger partial charge in [0, 0.05) is 13.1 Å². The van der Waals surface area contributed by atoms with Crippen LogP contribution in [0.4, 0.5) is 4.79 Å². The number of urea groups is 1. The number of ether oxygens (including phenoxy) is 1. The number of nitrogens with one attached hydrogen (secondary N) is 1. The van der Waals surface area contributed by atoms with Crippen LogP contribution in [-0.2, 0) is 9.53 Å². The molecule has 2 aliphatic rings. The number of hydrogen-bond acceptors (Lipinski definition) is 3. The van der Waals surface area contributed by atoms with E-state index in [1.807, 2.05) is 0 Å². The number of rotatable bonds is 2. The van der Waals surface area contributed by atoms with E-state index in [2.05, 4.69) is 5.32 Å². The van der Waals surface area contributed by atoms with Crippen molar-refractivity contribution in [2.24, 2.45) is 5.41 Å². The summed E-state index contributed by atoms with van der Waals surface area (Å²) < 4.78 is 5.66. The molecule has 0 aromatic carbocycles. The number of likely N-dealkylation sites (tertiary alicyclic amines) is 1. The van der Waals surface area contributed by atoms with Crippen molar-refractivity contribution >= 4 is 12.0 Å². The fourth-order valence-corrected chi connectivity index (χ4v) is 2.64. The fourth-order valence-electron chi connectivity index (χ4n) is 2.64. The lowest BCUT2D eigenvalue weighted by molar-refractivity contribution is -0.142. The largest absolute Gasteiger partial charge is 0.480 e. The topological polar surface area (TPSA) is 78.9 Å². The monoisotopic (exact) mass is 270 g/mol. The van der Waals surface area contributed by atoms with Gasteiger partial charge < -0.3 is 20.1 Å². The van der Waals surface area contributed by atoms with Gasteiger partial charge in [-0.1, -0.05) is 20.8 Å². The lowest BCUT2D eigenvalue weighted by atomic mass is 9.87. The van der Waals surface area contributed by atoms with Crippen molar-refractivity contribution in [3.63, 3.8) is 0 Å². The fraction of sp³-hybridized carbons (Fsp3) is 0.846. The number of morpholine rings is 1. The Morgan fingerprint density at radius 2 is 1.79 bits per heavy atom. The minimum absolute atomic E-state index is 0.113. The smallest absolute Gasteiger partial charge is 0.326 e. The maximum absolute atomic E-state index is 12.2. The number of carboxylic acids is 1. The molecule has 0 aliphatic carbocycles. The second kappa shape index (κ2) is 5.00. The van der Waals surface area contributed by atoms with Crippen molar-refractivity contribution in [1.82, 2.24) is 10.2 Å². The van der Waals surface area contributed by atoms with Gasteiger partial charge in [0.25, 0.3) is 0 Å². The molecular formula is C13H22N2O4. The Balaban J connectivity index is 1.98. The van der Waals surface area contributed by atoms with Gasteiger partial charge in [0.1, 0.15) is 6.04 Å². The molecule has 2 amide bonds. The highest BCUT2D eigenvalue weighted by Crippen LogP contribution is 2.26. The zero-order valence-corrected chi connectivity index (χ0v) is 11.7. The van der Waals surface area contributed by atoms with Crippen molar-refractivity contribution in [3.8, 4) is 0 Å². The predicted octanol–water partition coefficient (Wildman–Crippen LogP) is 1.06. The molecule has 2 N–H and O–H groups in total. The van der Waals surface area contributed by atoms with E-state index in [0.29, 0.717) is 13.1 Å². The molecule has 108 valence electrons. The van der Waals surface area contributed by atoms with Gasteiger partial charge >= 0.3 is 12.0 Å². The first-order valence-electron chi connectivity index (χ1n) is 6.71. The normalized spacial score (nSPS) is 28.1. The Morgan fingerprint density at radius 3 is 2.21 bits per heavy atom. The molecule has 6 heteroatoms. The summed E-state index contributed by atoms with van der Waals surface area (Å²) >= 11 is 0. The SMILES string of the molecule is CC(C)(C)[C@H](NC(=O)N1CC2CCC(C1)O2)C(=O)O. The summed E-state index contributed by atoms with van der Waals surface area (Å²) in [6.45, 7) is 6.51. The predicted molar refractivity (Wildman–Crippen MR) is 68.9 cm³/mol. The van der Waals surface area contributed by atoms with Crippen LogP contribution < -0.4 is 5.32 Å². The molecule has 19 heavy (non-hydrogen) atoms. The molecule has 2 unspecified atom stereocenters. The van der Waals surface area contributed by atoms with Crippen molar-refractivity contribution < 1.29 is 19.4 Å². The highest BCUT2D eigenvalue weighted by atomic mass is 16.5.